The van der Waals surface area contributed by atoms with Crippen molar-refractivity contribution in [1.29, 1.82) is 0 Å². The molecule has 5 heteroatoms. The van der Waals surface area contributed by atoms with Crippen molar-refractivity contribution in [3.63, 3.8) is 0 Å². The summed E-state index contributed by atoms with van der Waals surface area (Å²) in [5.74, 6) is 1.58. The molecule has 2 aromatic rings. The first-order valence-electron chi connectivity index (χ1n) is 5.76. The molecule has 1 aliphatic rings. The Hall–Kier alpha value is -1.23. The minimum Gasteiger partial charge on any atom is -0.300 e. The number of aromatic nitrogens is 3. The van der Waals surface area contributed by atoms with Crippen molar-refractivity contribution < 1.29 is 4.79 Å². The van der Waals surface area contributed by atoms with E-state index in [0.29, 0.717) is 24.5 Å². The molecule has 4 nitrogen and oxygen atoms in total. The average molecular weight is 294 g/mol. The van der Waals surface area contributed by atoms with Crippen molar-refractivity contribution >= 4 is 27.4 Å². The van der Waals surface area contributed by atoms with Gasteiger partial charge in [-0.2, -0.15) is 5.10 Å². The van der Waals surface area contributed by atoms with Crippen molar-refractivity contribution in [2.75, 3.05) is 0 Å². The fourth-order valence-corrected chi connectivity index (χ4v) is 2.57. The summed E-state index contributed by atoms with van der Waals surface area (Å²) in [6, 6.07) is 3.90. The van der Waals surface area contributed by atoms with Crippen molar-refractivity contribution in [3.8, 4) is 0 Å². The van der Waals surface area contributed by atoms with Crippen LogP contribution in [0.1, 0.15) is 37.4 Å². The molecule has 1 saturated carbocycles. The number of nitrogens with zero attached hydrogens (tertiary/aromatic N) is 3. The minimum absolute atomic E-state index is 0.339. The quantitative estimate of drug-likeness (QED) is 0.812. The van der Waals surface area contributed by atoms with Gasteiger partial charge < -0.3 is 0 Å². The lowest BCUT2D eigenvalue weighted by Crippen LogP contribution is -2.13. The largest absolute Gasteiger partial charge is 0.300 e. The highest BCUT2D eigenvalue weighted by atomic mass is 79.9. The lowest BCUT2D eigenvalue weighted by Gasteiger charge is -2.17. The summed E-state index contributed by atoms with van der Waals surface area (Å²) in [6.07, 6.45) is 5.02. The van der Waals surface area contributed by atoms with E-state index < -0.39 is 0 Å². The summed E-state index contributed by atoms with van der Waals surface area (Å²) < 4.78 is 2.77. The first kappa shape index (κ1) is 10.9. The number of halogens is 1. The van der Waals surface area contributed by atoms with Gasteiger partial charge in [-0.05, 0) is 40.9 Å². The Bertz CT molecular complexity index is 568. The van der Waals surface area contributed by atoms with E-state index in [4.69, 9.17) is 0 Å². The molecule has 0 spiro atoms. The van der Waals surface area contributed by atoms with E-state index in [2.05, 4.69) is 26.0 Å². The van der Waals surface area contributed by atoms with Crippen LogP contribution in [0.3, 0.4) is 0 Å². The van der Waals surface area contributed by atoms with Crippen LogP contribution in [0.25, 0.3) is 5.65 Å². The molecule has 0 bridgehead atoms. The van der Waals surface area contributed by atoms with Gasteiger partial charge in [0.05, 0.1) is 0 Å². The Labute approximate surface area is 107 Å². The van der Waals surface area contributed by atoms with Crippen LogP contribution >= 0.6 is 15.9 Å². The number of Topliss-reactive ketones (excluding diaryl/α,β-unsaturated/α-hetero) is 1. The molecule has 3 rings (SSSR count). The molecule has 0 aliphatic heterocycles. The summed E-state index contributed by atoms with van der Waals surface area (Å²) in [5, 5.41) is 4.49. The molecule has 0 N–H and O–H groups in total. The van der Waals surface area contributed by atoms with Gasteiger partial charge in [0.2, 0.25) is 0 Å². The number of carbonyl (C=O) groups is 1. The van der Waals surface area contributed by atoms with Gasteiger partial charge in [-0.3, -0.25) is 4.79 Å². The van der Waals surface area contributed by atoms with Crippen LogP contribution < -0.4 is 0 Å². The maximum Gasteiger partial charge on any atom is 0.155 e. The van der Waals surface area contributed by atoms with Crippen LogP contribution in [0.4, 0.5) is 0 Å². The maximum absolute atomic E-state index is 11.2. The van der Waals surface area contributed by atoms with E-state index in [-0.39, 0.29) is 0 Å². The molecular formula is C12H12BrN3O. The minimum atomic E-state index is 0.339. The molecule has 17 heavy (non-hydrogen) atoms. The van der Waals surface area contributed by atoms with Crippen LogP contribution in [-0.4, -0.2) is 20.4 Å². The Kier molecular flexibility index (Phi) is 2.70. The lowest BCUT2D eigenvalue weighted by molar-refractivity contribution is -0.120. The third kappa shape index (κ3) is 2.11. The first-order chi connectivity index (χ1) is 8.22. The first-order valence-corrected chi connectivity index (χ1v) is 6.55. The molecule has 88 valence electrons. The number of hydrogen-bond acceptors (Lipinski definition) is 3. The van der Waals surface area contributed by atoms with Crippen LogP contribution in [0, 0.1) is 0 Å². The van der Waals surface area contributed by atoms with Gasteiger partial charge in [-0.15, -0.1) is 0 Å². The van der Waals surface area contributed by atoms with Gasteiger partial charge in [0, 0.05) is 29.4 Å². The number of rotatable bonds is 1. The summed E-state index contributed by atoms with van der Waals surface area (Å²) in [5.41, 5.74) is 0.861. The van der Waals surface area contributed by atoms with Gasteiger partial charge in [-0.1, -0.05) is 0 Å². The summed E-state index contributed by atoms with van der Waals surface area (Å²) >= 11 is 3.41. The molecule has 0 aromatic carbocycles. The predicted octanol–water partition coefficient (Wildman–Crippen LogP) is 2.72. The Morgan fingerprint density at radius 2 is 2.06 bits per heavy atom. The summed E-state index contributed by atoms with van der Waals surface area (Å²) in [7, 11) is 0. The molecule has 0 saturated heterocycles. The van der Waals surface area contributed by atoms with Gasteiger partial charge >= 0.3 is 0 Å². The average Bonchev–Trinajstić information content (AvgIpc) is 2.72. The maximum atomic E-state index is 11.2. The number of pyridine rings is 1. The number of ketones is 1. The van der Waals surface area contributed by atoms with Crippen molar-refractivity contribution in [3.05, 3.63) is 28.6 Å². The van der Waals surface area contributed by atoms with E-state index in [1.54, 1.807) is 4.52 Å². The molecule has 0 radical (unpaired) electrons. The highest BCUT2D eigenvalue weighted by Crippen LogP contribution is 2.29. The van der Waals surface area contributed by atoms with Crippen LogP contribution in [0.5, 0.6) is 0 Å². The fourth-order valence-electron chi connectivity index (χ4n) is 2.25. The molecule has 1 aliphatic carbocycles. The molecule has 0 amide bonds. The normalized spacial score (nSPS) is 17.8. The lowest BCUT2D eigenvalue weighted by atomic mass is 9.88. The van der Waals surface area contributed by atoms with E-state index >= 15 is 0 Å². The summed E-state index contributed by atoms with van der Waals surface area (Å²) in [6.45, 7) is 0. The number of carbonyl (C=O) groups excluding carboxylic acids is 1. The van der Waals surface area contributed by atoms with Crippen molar-refractivity contribution in [2.24, 2.45) is 0 Å². The van der Waals surface area contributed by atoms with Gasteiger partial charge in [0.15, 0.2) is 11.5 Å². The zero-order valence-corrected chi connectivity index (χ0v) is 10.9. The van der Waals surface area contributed by atoms with Gasteiger partial charge in [0.1, 0.15) is 5.78 Å². The summed E-state index contributed by atoms with van der Waals surface area (Å²) in [4.78, 5) is 15.7. The smallest absolute Gasteiger partial charge is 0.155 e. The third-order valence-electron chi connectivity index (χ3n) is 3.22. The van der Waals surface area contributed by atoms with Crippen LogP contribution in [-0.2, 0) is 4.79 Å². The molecule has 0 atom stereocenters. The van der Waals surface area contributed by atoms with E-state index in [1.807, 2.05) is 18.3 Å². The predicted molar refractivity (Wildman–Crippen MR) is 66.9 cm³/mol. The monoisotopic (exact) mass is 293 g/mol. The molecule has 2 aromatic heterocycles. The zero-order valence-electron chi connectivity index (χ0n) is 9.27. The van der Waals surface area contributed by atoms with Crippen molar-refractivity contribution in [1.82, 2.24) is 14.6 Å². The highest BCUT2D eigenvalue weighted by Gasteiger charge is 2.23. The second-order valence-corrected chi connectivity index (χ2v) is 5.35. The topological polar surface area (TPSA) is 47.3 Å². The Balaban J connectivity index is 1.92. The van der Waals surface area contributed by atoms with E-state index in [9.17, 15) is 4.79 Å². The van der Waals surface area contributed by atoms with Crippen molar-refractivity contribution in [2.45, 2.75) is 31.6 Å². The van der Waals surface area contributed by atoms with Crippen LogP contribution in [0.15, 0.2) is 22.8 Å². The second kappa shape index (κ2) is 4.22. The van der Waals surface area contributed by atoms with Gasteiger partial charge in [0.25, 0.3) is 0 Å². The van der Waals surface area contributed by atoms with E-state index in [0.717, 1.165) is 28.8 Å². The second-order valence-electron chi connectivity index (χ2n) is 4.43. The highest BCUT2D eigenvalue weighted by molar-refractivity contribution is 9.10. The zero-order chi connectivity index (χ0) is 11.8. The SMILES string of the molecule is O=C1CCC(c2nc3ccc(Br)cn3n2)CC1. The standard InChI is InChI=1S/C12H12BrN3O/c13-9-3-6-11-14-12(15-16(11)7-9)8-1-4-10(17)5-2-8/h3,6-8H,1-2,4-5H2. The van der Waals surface area contributed by atoms with Crippen LogP contribution in [0.2, 0.25) is 0 Å². The molecule has 2 heterocycles. The molecule has 0 unspecified atom stereocenters. The number of hydrogen-bond donors (Lipinski definition) is 0. The Morgan fingerprint density at radius 1 is 1.29 bits per heavy atom. The molecular weight excluding hydrogens is 282 g/mol. The Morgan fingerprint density at radius 3 is 2.82 bits per heavy atom. The third-order valence-corrected chi connectivity index (χ3v) is 3.69. The van der Waals surface area contributed by atoms with Gasteiger partial charge in [-0.25, -0.2) is 9.50 Å². The number of fused-ring (bicyclic) bond motifs is 1. The van der Waals surface area contributed by atoms with E-state index in [1.165, 1.54) is 0 Å². The molecule has 1 fully saturated rings. The fraction of sp³-hybridized carbons (Fsp3) is 0.417.